The van der Waals surface area contributed by atoms with Crippen LogP contribution in [0.4, 0.5) is 0 Å². The predicted molar refractivity (Wildman–Crippen MR) is 122 cm³/mol. The molecule has 0 aromatic heterocycles. The summed E-state index contributed by atoms with van der Waals surface area (Å²) in [6, 6.07) is 12.2. The lowest BCUT2D eigenvalue weighted by Crippen LogP contribution is -2.36. The molecular formula is C24H33N3O4. The highest BCUT2D eigenvalue weighted by molar-refractivity contribution is 5.79. The molecule has 0 saturated carbocycles. The van der Waals surface area contributed by atoms with E-state index in [1.807, 2.05) is 18.2 Å². The Balaban J connectivity index is 1.58. The molecule has 0 aliphatic carbocycles. The molecular weight excluding hydrogens is 394 g/mol. The number of methoxy groups -OCH3 is 1. The molecule has 1 aliphatic rings. The summed E-state index contributed by atoms with van der Waals surface area (Å²) in [7, 11) is 3.46. The van der Waals surface area contributed by atoms with Crippen molar-refractivity contribution in [2.24, 2.45) is 4.99 Å². The number of fused-ring (bicyclic) bond motifs is 1. The first-order valence-corrected chi connectivity index (χ1v) is 10.7. The van der Waals surface area contributed by atoms with Crippen molar-refractivity contribution in [3.63, 3.8) is 0 Å². The number of nitrogens with one attached hydrogen (secondary N) is 2. The molecule has 2 aromatic carbocycles. The maximum Gasteiger partial charge on any atom is 0.191 e. The maximum atomic E-state index is 5.98. The van der Waals surface area contributed by atoms with E-state index in [1.165, 1.54) is 5.56 Å². The van der Waals surface area contributed by atoms with Crippen molar-refractivity contribution in [1.29, 1.82) is 0 Å². The molecule has 0 amide bonds. The van der Waals surface area contributed by atoms with Crippen molar-refractivity contribution in [3.8, 4) is 17.2 Å². The van der Waals surface area contributed by atoms with E-state index in [2.05, 4.69) is 40.7 Å². The molecule has 0 saturated heterocycles. The van der Waals surface area contributed by atoms with Gasteiger partial charge in [0, 0.05) is 57.8 Å². The summed E-state index contributed by atoms with van der Waals surface area (Å²) in [5.74, 6) is 3.21. The lowest BCUT2D eigenvalue weighted by atomic mass is 10.1. The predicted octanol–water partition coefficient (Wildman–Crippen LogP) is 3.44. The van der Waals surface area contributed by atoms with E-state index in [0.717, 1.165) is 41.2 Å². The van der Waals surface area contributed by atoms with Crippen molar-refractivity contribution >= 4 is 5.96 Å². The summed E-state index contributed by atoms with van der Waals surface area (Å²) in [6.45, 7) is 5.91. The van der Waals surface area contributed by atoms with Gasteiger partial charge in [-0.25, -0.2) is 0 Å². The van der Waals surface area contributed by atoms with Gasteiger partial charge in [-0.05, 0) is 24.6 Å². The first kappa shape index (κ1) is 22.7. The lowest BCUT2D eigenvalue weighted by molar-refractivity contribution is 0.171. The smallest absolute Gasteiger partial charge is 0.191 e. The van der Waals surface area contributed by atoms with Gasteiger partial charge in [0.05, 0.1) is 19.8 Å². The number of hydrogen-bond donors (Lipinski definition) is 2. The Kier molecular flexibility index (Phi) is 8.84. The number of rotatable bonds is 9. The van der Waals surface area contributed by atoms with Crippen LogP contribution >= 0.6 is 0 Å². The van der Waals surface area contributed by atoms with E-state index in [9.17, 15) is 0 Å². The summed E-state index contributed by atoms with van der Waals surface area (Å²) in [6.07, 6.45) is 1.74. The van der Waals surface area contributed by atoms with Crippen LogP contribution in [0.15, 0.2) is 41.4 Å². The second kappa shape index (κ2) is 12.1. The molecule has 0 bridgehead atoms. The third kappa shape index (κ3) is 6.79. The number of aryl methyl sites for hydroxylation is 1. The molecule has 2 aromatic rings. The molecule has 0 atom stereocenters. The highest BCUT2D eigenvalue weighted by Crippen LogP contribution is 2.33. The Hall–Kier alpha value is -2.93. The minimum Gasteiger partial charge on any atom is -0.493 e. The number of nitrogens with zero attached hydrogens (tertiary/aromatic N) is 1. The number of guanidine groups is 1. The van der Waals surface area contributed by atoms with Gasteiger partial charge in [-0.3, -0.25) is 4.99 Å². The van der Waals surface area contributed by atoms with Gasteiger partial charge in [-0.2, -0.15) is 0 Å². The lowest BCUT2D eigenvalue weighted by Gasteiger charge is -2.17. The van der Waals surface area contributed by atoms with E-state index < -0.39 is 0 Å². The summed E-state index contributed by atoms with van der Waals surface area (Å²) in [4.78, 5) is 4.35. The second-order valence-corrected chi connectivity index (χ2v) is 7.38. The molecule has 1 heterocycles. The van der Waals surface area contributed by atoms with Crippen molar-refractivity contribution in [2.75, 3.05) is 40.6 Å². The van der Waals surface area contributed by atoms with Crippen LogP contribution in [-0.4, -0.2) is 46.5 Å². The Labute approximate surface area is 184 Å². The van der Waals surface area contributed by atoms with Crippen molar-refractivity contribution in [3.05, 3.63) is 53.1 Å². The van der Waals surface area contributed by atoms with Gasteiger partial charge in [-0.15, -0.1) is 0 Å². The van der Waals surface area contributed by atoms with Crippen LogP contribution in [-0.2, 0) is 17.8 Å². The zero-order valence-electron chi connectivity index (χ0n) is 18.7. The second-order valence-electron chi connectivity index (χ2n) is 7.38. The minimum atomic E-state index is 0.584. The van der Waals surface area contributed by atoms with Crippen molar-refractivity contribution in [2.45, 2.75) is 32.9 Å². The molecule has 3 rings (SSSR count). The summed E-state index contributed by atoms with van der Waals surface area (Å²) >= 11 is 0. The number of ether oxygens (including phenoxy) is 4. The fourth-order valence-corrected chi connectivity index (χ4v) is 3.30. The van der Waals surface area contributed by atoms with Crippen LogP contribution in [0.5, 0.6) is 17.2 Å². The molecule has 0 spiro atoms. The monoisotopic (exact) mass is 427 g/mol. The van der Waals surface area contributed by atoms with Gasteiger partial charge in [0.1, 0.15) is 5.75 Å². The van der Waals surface area contributed by atoms with Crippen LogP contribution in [0, 0.1) is 6.92 Å². The average Bonchev–Trinajstić information content (AvgIpc) is 3.04. The zero-order valence-corrected chi connectivity index (χ0v) is 18.7. The third-order valence-electron chi connectivity index (χ3n) is 4.94. The Morgan fingerprint density at radius 1 is 1.03 bits per heavy atom. The number of benzene rings is 2. The topological polar surface area (TPSA) is 73.3 Å². The molecule has 1 aliphatic heterocycles. The van der Waals surface area contributed by atoms with Crippen LogP contribution in [0.25, 0.3) is 0 Å². The van der Waals surface area contributed by atoms with Gasteiger partial charge in [0.2, 0.25) is 0 Å². The molecule has 2 N–H and O–H groups in total. The van der Waals surface area contributed by atoms with Gasteiger partial charge in [0.25, 0.3) is 0 Å². The highest BCUT2D eigenvalue weighted by Gasteiger charge is 2.14. The van der Waals surface area contributed by atoms with E-state index in [-0.39, 0.29) is 0 Å². The quantitative estimate of drug-likeness (QED) is 0.363. The molecule has 7 nitrogen and oxygen atoms in total. The highest BCUT2D eigenvalue weighted by atomic mass is 16.5. The molecule has 0 fully saturated rings. The number of para-hydroxylation sites is 1. The fraction of sp³-hybridized carbons (Fsp3) is 0.458. The average molecular weight is 428 g/mol. The summed E-state index contributed by atoms with van der Waals surface area (Å²) in [5.41, 5.74) is 3.29. The zero-order chi connectivity index (χ0) is 21.9. The summed E-state index contributed by atoms with van der Waals surface area (Å²) < 4.78 is 22.8. The Bertz CT molecular complexity index is 870. The maximum absolute atomic E-state index is 5.98. The van der Waals surface area contributed by atoms with Gasteiger partial charge >= 0.3 is 0 Å². The number of aliphatic imine (C=N–C) groups is 1. The van der Waals surface area contributed by atoms with E-state index in [4.69, 9.17) is 18.9 Å². The van der Waals surface area contributed by atoms with E-state index in [0.29, 0.717) is 45.5 Å². The van der Waals surface area contributed by atoms with Crippen LogP contribution in [0.1, 0.15) is 29.5 Å². The van der Waals surface area contributed by atoms with Gasteiger partial charge in [-0.1, -0.05) is 24.3 Å². The first-order chi connectivity index (χ1) is 15.2. The standard InChI is InChI=1S/C24H33N3O4/c1-18-9-10-19(22(15-18)30-12-5-11-28-3)16-26-24(25-2)27-17-20-7-4-8-21-23(20)31-14-6-13-29-21/h4,7-10,15H,5-6,11-14,16-17H2,1-3H3,(H2,25,26,27). The Morgan fingerprint density at radius 2 is 1.84 bits per heavy atom. The van der Waals surface area contributed by atoms with Crippen LogP contribution < -0.4 is 24.8 Å². The summed E-state index contributed by atoms with van der Waals surface area (Å²) in [5, 5.41) is 6.74. The molecule has 7 heteroatoms. The van der Waals surface area contributed by atoms with Gasteiger partial charge < -0.3 is 29.6 Å². The number of hydrogen-bond acceptors (Lipinski definition) is 5. The SMILES string of the molecule is CN=C(NCc1ccc(C)cc1OCCCOC)NCc1cccc2c1OCCCO2. The first-order valence-electron chi connectivity index (χ1n) is 10.7. The van der Waals surface area contributed by atoms with E-state index in [1.54, 1.807) is 14.2 Å². The largest absolute Gasteiger partial charge is 0.493 e. The fourth-order valence-electron chi connectivity index (χ4n) is 3.30. The Morgan fingerprint density at radius 3 is 2.65 bits per heavy atom. The van der Waals surface area contributed by atoms with Gasteiger partial charge in [0.15, 0.2) is 17.5 Å². The van der Waals surface area contributed by atoms with Crippen LogP contribution in [0.2, 0.25) is 0 Å². The molecule has 0 unspecified atom stereocenters. The van der Waals surface area contributed by atoms with Crippen molar-refractivity contribution in [1.82, 2.24) is 10.6 Å². The minimum absolute atomic E-state index is 0.584. The normalized spacial score (nSPS) is 13.5. The third-order valence-corrected chi connectivity index (χ3v) is 4.94. The van der Waals surface area contributed by atoms with Crippen LogP contribution in [0.3, 0.4) is 0 Å². The molecule has 0 radical (unpaired) electrons. The van der Waals surface area contributed by atoms with E-state index >= 15 is 0 Å². The molecule has 31 heavy (non-hydrogen) atoms. The van der Waals surface area contributed by atoms with Crippen molar-refractivity contribution < 1.29 is 18.9 Å². The molecule has 168 valence electrons.